The molecule has 0 spiro atoms. The van der Waals surface area contributed by atoms with Crippen LogP contribution in [0.4, 0.5) is 0 Å². The molecule has 1 fully saturated rings. The Morgan fingerprint density at radius 2 is 2.20 bits per heavy atom. The molecule has 20 heavy (non-hydrogen) atoms. The summed E-state index contributed by atoms with van der Waals surface area (Å²) in [5.41, 5.74) is 8.86. The molecular formula is C14H16N6. The molecular weight excluding hydrogens is 252 g/mol. The first-order valence-electron chi connectivity index (χ1n) is 6.78. The van der Waals surface area contributed by atoms with Crippen LogP contribution < -0.4 is 5.73 Å². The first-order chi connectivity index (χ1) is 9.67. The van der Waals surface area contributed by atoms with E-state index in [0.29, 0.717) is 0 Å². The average Bonchev–Trinajstić information content (AvgIpc) is 3.02. The normalized spacial score (nSPS) is 17.3. The lowest BCUT2D eigenvalue weighted by Crippen LogP contribution is -2.44. The molecule has 3 aromatic heterocycles. The second-order valence-corrected chi connectivity index (χ2v) is 5.51. The maximum absolute atomic E-state index is 6.30. The van der Waals surface area contributed by atoms with Crippen molar-refractivity contribution >= 4 is 11.0 Å². The van der Waals surface area contributed by atoms with Crippen molar-refractivity contribution < 1.29 is 0 Å². The number of nitrogens with one attached hydrogen (secondary N) is 1. The Morgan fingerprint density at radius 3 is 2.90 bits per heavy atom. The van der Waals surface area contributed by atoms with Crippen molar-refractivity contribution in [1.29, 1.82) is 0 Å². The number of pyridine rings is 1. The van der Waals surface area contributed by atoms with Crippen LogP contribution in [0.25, 0.3) is 22.6 Å². The minimum absolute atomic E-state index is 0.273. The van der Waals surface area contributed by atoms with E-state index in [1.807, 2.05) is 30.1 Å². The molecule has 0 saturated heterocycles. The van der Waals surface area contributed by atoms with E-state index in [2.05, 4.69) is 19.9 Å². The summed E-state index contributed by atoms with van der Waals surface area (Å²) in [6.45, 7) is 0. The zero-order chi connectivity index (χ0) is 13.7. The second-order valence-electron chi connectivity index (χ2n) is 5.51. The van der Waals surface area contributed by atoms with Gasteiger partial charge in [0, 0.05) is 13.2 Å². The number of aryl methyl sites for hydroxylation is 1. The van der Waals surface area contributed by atoms with Crippen molar-refractivity contribution in [2.75, 3.05) is 0 Å². The SMILES string of the molecule is Cn1c(-c2cnc(C3(N)CCC3)[nH]2)nc2ccncc21. The third kappa shape index (κ3) is 1.51. The van der Waals surface area contributed by atoms with Crippen LogP contribution in [0.15, 0.2) is 24.7 Å². The predicted octanol–water partition coefficient (Wildman–Crippen LogP) is 1.70. The van der Waals surface area contributed by atoms with E-state index < -0.39 is 0 Å². The summed E-state index contributed by atoms with van der Waals surface area (Å²) in [7, 11) is 1.98. The number of aromatic nitrogens is 5. The van der Waals surface area contributed by atoms with Crippen molar-refractivity contribution in [3.05, 3.63) is 30.5 Å². The van der Waals surface area contributed by atoms with Gasteiger partial charge in [0.05, 0.1) is 29.0 Å². The van der Waals surface area contributed by atoms with Gasteiger partial charge in [-0.3, -0.25) is 4.98 Å². The van der Waals surface area contributed by atoms with Crippen LogP contribution in [0.1, 0.15) is 25.1 Å². The highest BCUT2D eigenvalue weighted by molar-refractivity contribution is 5.78. The average molecular weight is 268 g/mol. The molecule has 3 heterocycles. The van der Waals surface area contributed by atoms with Gasteiger partial charge < -0.3 is 15.3 Å². The second kappa shape index (κ2) is 3.89. The lowest BCUT2D eigenvalue weighted by atomic mass is 9.77. The number of hydrogen-bond acceptors (Lipinski definition) is 4. The highest BCUT2D eigenvalue weighted by Gasteiger charge is 2.37. The van der Waals surface area contributed by atoms with Crippen molar-refractivity contribution in [3.8, 4) is 11.5 Å². The molecule has 1 aliphatic carbocycles. The van der Waals surface area contributed by atoms with Crippen LogP contribution in [0.3, 0.4) is 0 Å². The van der Waals surface area contributed by atoms with Crippen LogP contribution in [0.5, 0.6) is 0 Å². The Hall–Kier alpha value is -2.21. The van der Waals surface area contributed by atoms with Gasteiger partial charge in [-0.05, 0) is 25.3 Å². The van der Waals surface area contributed by atoms with Gasteiger partial charge in [0.1, 0.15) is 11.5 Å². The largest absolute Gasteiger partial charge is 0.338 e. The highest BCUT2D eigenvalue weighted by atomic mass is 15.1. The Bertz CT molecular complexity index is 780. The van der Waals surface area contributed by atoms with Gasteiger partial charge in [0.2, 0.25) is 0 Å². The topological polar surface area (TPSA) is 85.4 Å². The van der Waals surface area contributed by atoms with E-state index in [4.69, 9.17) is 5.73 Å². The lowest BCUT2D eigenvalue weighted by molar-refractivity contribution is 0.240. The quantitative estimate of drug-likeness (QED) is 0.740. The van der Waals surface area contributed by atoms with Crippen LogP contribution in [0.2, 0.25) is 0 Å². The number of H-pyrrole nitrogens is 1. The van der Waals surface area contributed by atoms with Gasteiger partial charge in [-0.2, -0.15) is 0 Å². The Labute approximate surface area is 116 Å². The van der Waals surface area contributed by atoms with E-state index in [-0.39, 0.29) is 5.54 Å². The fourth-order valence-electron chi connectivity index (χ4n) is 2.76. The minimum atomic E-state index is -0.273. The standard InChI is InChI=1S/C14H16N6/c1-20-11-8-16-6-3-9(11)18-12(20)10-7-17-13(19-10)14(15)4-2-5-14/h3,6-8H,2,4-5,15H2,1H3,(H,17,19). The summed E-state index contributed by atoms with van der Waals surface area (Å²) >= 11 is 0. The Morgan fingerprint density at radius 1 is 1.35 bits per heavy atom. The summed E-state index contributed by atoms with van der Waals surface area (Å²) in [6.07, 6.45) is 8.54. The number of aromatic amines is 1. The smallest absolute Gasteiger partial charge is 0.159 e. The van der Waals surface area contributed by atoms with E-state index in [9.17, 15) is 0 Å². The van der Waals surface area contributed by atoms with E-state index in [1.54, 1.807) is 6.20 Å². The number of nitrogens with zero attached hydrogens (tertiary/aromatic N) is 4. The molecule has 3 aromatic rings. The van der Waals surface area contributed by atoms with Crippen LogP contribution in [-0.4, -0.2) is 24.5 Å². The molecule has 1 aliphatic rings. The maximum Gasteiger partial charge on any atom is 0.159 e. The number of fused-ring (bicyclic) bond motifs is 1. The van der Waals surface area contributed by atoms with Crippen LogP contribution in [0, 0.1) is 0 Å². The molecule has 102 valence electrons. The molecule has 6 nitrogen and oxygen atoms in total. The molecule has 0 amide bonds. The third-order valence-electron chi connectivity index (χ3n) is 4.22. The summed E-state index contributed by atoms with van der Waals surface area (Å²) in [5, 5.41) is 0. The number of hydrogen-bond donors (Lipinski definition) is 2. The van der Waals surface area contributed by atoms with Gasteiger partial charge in [-0.25, -0.2) is 9.97 Å². The Kier molecular flexibility index (Phi) is 2.26. The summed E-state index contributed by atoms with van der Waals surface area (Å²) in [4.78, 5) is 16.6. The molecule has 0 aliphatic heterocycles. The minimum Gasteiger partial charge on any atom is -0.338 e. The molecule has 0 atom stereocenters. The van der Waals surface area contributed by atoms with Gasteiger partial charge in [-0.15, -0.1) is 0 Å². The van der Waals surface area contributed by atoms with Crippen molar-refractivity contribution in [1.82, 2.24) is 24.5 Å². The summed E-state index contributed by atoms with van der Waals surface area (Å²) in [5.74, 6) is 1.72. The molecule has 3 N–H and O–H groups in total. The number of nitrogens with two attached hydrogens (primary N) is 1. The fourth-order valence-corrected chi connectivity index (χ4v) is 2.76. The van der Waals surface area contributed by atoms with Gasteiger partial charge >= 0.3 is 0 Å². The van der Waals surface area contributed by atoms with Gasteiger partial charge in [0.15, 0.2) is 5.82 Å². The monoisotopic (exact) mass is 268 g/mol. The third-order valence-corrected chi connectivity index (χ3v) is 4.22. The van der Waals surface area contributed by atoms with Gasteiger partial charge in [0.25, 0.3) is 0 Å². The van der Waals surface area contributed by atoms with Gasteiger partial charge in [-0.1, -0.05) is 0 Å². The fraction of sp³-hybridized carbons (Fsp3) is 0.357. The molecule has 0 bridgehead atoms. The first-order valence-corrected chi connectivity index (χ1v) is 6.78. The molecule has 0 radical (unpaired) electrons. The molecule has 4 rings (SSSR count). The maximum atomic E-state index is 6.30. The van der Waals surface area contributed by atoms with Crippen LogP contribution in [-0.2, 0) is 12.6 Å². The molecule has 0 unspecified atom stereocenters. The molecule has 0 aromatic carbocycles. The zero-order valence-electron chi connectivity index (χ0n) is 11.3. The Balaban J connectivity index is 1.81. The number of imidazole rings is 2. The van der Waals surface area contributed by atoms with Crippen molar-refractivity contribution in [2.45, 2.75) is 24.8 Å². The summed E-state index contributed by atoms with van der Waals surface area (Å²) in [6, 6.07) is 1.91. The first kappa shape index (κ1) is 11.6. The number of rotatable bonds is 2. The summed E-state index contributed by atoms with van der Waals surface area (Å²) < 4.78 is 2.02. The lowest BCUT2D eigenvalue weighted by Gasteiger charge is -2.35. The zero-order valence-corrected chi connectivity index (χ0v) is 11.3. The predicted molar refractivity (Wildman–Crippen MR) is 75.8 cm³/mol. The molecule has 1 saturated carbocycles. The van der Waals surface area contributed by atoms with Crippen molar-refractivity contribution in [3.63, 3.8) is 0 Å². The van der Waals surface area contributed by atoms with E-state index >= 15 is 0 Å². The van der Waals surface area contributed by atoms with E-state index in [1.165, 1.54) is 6.42 Å². The molecule has 6 heteroatoms. The van der Waals surface area contributed by atoms with Crippen LogP contribution >= 0.6 is 0 Å². The van der Waals surface area contributed by atoms with Crippen molar-refractivity contribution in [2.24, 2.45) is 12.8 Å². The van der Waals surface area contributed by atoms with E-state index in [0.717, 1.165) is 41.2 Å². The highest BCUT2D eigenvalue weighted by Crippen LogP contribution is 2.37.